The fourth-order valence-electron chi connectivity index (χ4n) is 3.07. The molecule has 0 atom stereocenters. The van der Waals surface area contributed by atoms with Crippen LogP contribution in [0.4, 0.5) is 0 Å². The molecule has 140 valence electrons. The number of carbonyl (C=O) groups is 1. The van der Waals surface area contributed by atoms with Crippen molar-refractivity contribution in [2.45, 2.75) is 13.8 Å². The molecule has 0 aliphatic carbocycles. The predicted molar refractivity (Wildman–Crippen MR) is 115 cm³/mol. The zero-order chi connectivity index (χ0) is 19.7. The van der Waals surface area contributed by atoms with Gasteiger partial charge in [-0.3, -0.25) is 4.79 Å². The van der Waals surface area contributed by atoms with Crippen LogP contribution in [-0.2, 0) is 0 Å². The van der Waals surface area contributed by atoms with Crippen molar-refractivity contribution in [3.05, 3.63) is 81.6 Å². The Hall–Kier alpha value is -2.96. The van der Waals surface area contributed by atoms with E-state index in [0.29, 0.717) is 9.90 Å². The lowest BCUT2D eigenvalue weighted by atomic mass is 10.1. The lowest BCUT2D eigenvalue weighted by Gasteiger charge is -2.07. The molecule has 0 aliphatic rings. The fraction of sp³-hybridized carbons (Fsp3) is 0.0952. The number of rotatable bonds is 4. The van der Waals surface area contributed by atoms with Gasteiger partial charge in [0, 0.05) is 28.5 Å². The number of thiophene rings is 1. The van der Waals surface area contributed by atoms with Gasteiger partial charge in [-0.1, -0.05) is 23.7 Å². The Labute approximate surface area is 171 Å². The van der Waals surface area contributed by atoms with Crippen LogP contribution in [-0.4, -0.2) is 21.7 Å². The summed E-state index contributed by atoms with van der Waals surface area (Å²) in [6.07, 6.45) is 5.44. The molecule has 28 heavy (non-hydrogen) atoms. The van der Waals surface area contributed by atoms with E-state index in [4.69, 9.17) is 11.6 Å². The van der Waals surface area contributed by atoms with E-state index in [1.54, 1.807) is 18.3 Å². The zero-order valence-corrected chi connectivity index (χ0v) is 16.9. The molecule has 1 aromatic carbocycles. The number of halogens is 1. The predicted octanol–water partition coefficient (Wildman–Crippen LogP) is 5.12. The number of hydrogen-bond donors (Lipinski definition) is 1. The van der Waals surface area contributed by atoms with Crippen LogP contribution in [0.2, 0.25) is 5.02 Å². The van der Waals surface area contributed by atoms with Crippen LogP contribution in [0, 0.1) is 13.8 Å². The fourth-order valence-corrected chi connectivity index (χ4v) is 4.38. The molecule has 0 saturated heterocycles. The van der Waals surface area contributed by atoms with E-state index < -0.39 is 0 Å². The maximum Gasteiger partial charge on any atom is 0.283 e. The summed E-state index contributed by atoms with van der Waals surface area (Å²) < 4.78 is 1.95. The van der Waals surface area contributed by atoms with Gasteiger partial charge < -0.3 is 4.57 Å². The second-order valence-corrected chi connectivity index (χ2v) is 7.82. The Balaban J connectivity index is 1.71. The molecule has 0 bridgehead atoms. The minimum Gasteiger partial charge on any atom is -0.322 e. The topological polar surface area (TPSA) is 59.3 Å². The molecule has 0 fully saturated rings. The van der Waals surface area contributed by atoms with Gasteiger partial charge in [-0.25, -0.2) is 10.4 Å². The average molecular weight is 409 g/mol. The Morgan fingerprint density at radius 2 is 1.93 bits per heavy atom. The summed E-state index contributed by atoms with van der Waals surface area (Å²) in [5.41, 5.74) is 6.32. The van der Waals surface area contributed by atoms with Gasteiger partial charge in [-0.15, -0.1) is 11.3 Å². The molecule has 1 amide bonds. The largest absolute Gasteiger partial charge is 0.322 e. The van der Waals surface area contributed by atoms with Gasteiger partial charge >= 0.3 is 0 Å². The quantitative estimate of drug-likeness (QED) is 0.376. The van der Waals surface area contributed by atoms with Gasteiger partial charge in [0.25, 0.3) is 5.91 Å². The number of aryl methyl sites for hydroxylation is 2. The molecule has 4 aromatic rings. The standard InChI is InChI=1S/C21H17ClN4OS/c1-13-11-14(2)24-21-17(13)18(26-9-3-4-10-26)19(28-21)20(27)25-23-12-15-5-7-16(22)8-6-15/h3-12H,1-2H3,(H,25,27)/b23-12+. The molecule has 0 aliphatic heterocycles. The highest BCUT2D eigenvalue weighted by Crippen LogP contribution is 2.35. The normalized spacial score (nSPS) is 11.4. The van der Waals surface area contributed by atoms with E-state index in [1.807, 2.05) is 61.1 Å². The van der Waals surface area contributed by atoms with Crippen LogP contribution < -0.4 is 5.43 Å². The molecule has 0 unspecified atom stereocenters. The van der Waals surface area contributed by atoms with E-state index in [9.17, 15) is 4.79 Å². The Kier molecular flexibility index (Phi) is 4.98. The number of benzene rings is 1. The van der Waals surface area contributed by atoms with Crippen LogP contribution in [0.25, 0.3) is 15.9 Å². The monoisotopic (exact) mass is 408 g/mol. The third-order valence-electron chi connectivity index (χ3n) is 4.28. The number of amides is 1. The van der Waals surface area contributed by atoms with E-state index in [0.717, 1.165) is 32.7 Å². The molecule has 1 N–H and O–H groups in total. The third kappa shape index (κ3) is 3.56. The van der Waals surface area contributed by atoms with Crippen molar-refractivity contribution in [1.29, 1.82) is 0 Å². The second-order valence-electron chi connectivity index (χ2n) is 6.38. The number of hydrazone groups is 1. The summed E-state index contributed by atoms with van der Waals surface area (Å²) >= 11 is 7.26. The van der Waals surface area contributed by atoms with Crippen LogP contribution in [0.15, 0.2) is 60.0 Å². The lowest BCUT2D eigenvalue weighted by Crippen LogP contribution is -2.18. The van der Waals surface area contributed by atoms with Crippen molar-refractivity contribution in [3.63, 3.8) is 0 Å². The van der Waals surface area contributed by atoms with E-state index >= 15 is 0 Å². The smallest absolute Gasteiger partial charge is 0.283 e. The van der Waals surface area contributed by atoms with Gasteiger partial charge in [0.2, 0.25) is 0 Å². The summed E-state index contributed by atoms with van der Waals surface area (Å²) in [4.78, 5) is 18.9. The van der Waals surface area contributed by atoms with Crippen molar-refractivity contribution in [1.82, 2.24) is 15.0 Å². The maximum atomic E-state index is 12.9. The molecule has 4 rings (SSSR count). The highest BCUT2D eigenvalue weighted by Gasteiger charge is 2.21. The highest BCUT2D eigenvalue weighted by atomic mass is 35.5. The maximum absolute atomic E-state index is 12.9. The number of nitrogens with one attached hydrogen (secondary N) is 1. The first-order chi connectivity index (χ1) is 13.5. The SMILES string of the molecule is Cc1cc(C)c2c(-n3cccc3)c(C(=O)N/N=C/c3ccc(Cl)cc3)sc2n1. The second kappa shape index (κ2) is 7.58. The molecular weight excluding hydrogens is 392 g/mol. The van der Waals surface area contributed by atoms with Crippen LogP contribution in [0.5, 0.6) is 0 Å². The van der Waals surface area contributed by atoms with Crippen molar-refractivity contribution >= 4 is 45.3 Å². The molecule has 5 nitrogen and oxygen atoms in total. The van der Waals surface area contributed by atoms with Crippen molar-refractivity contribution < 1.29 is 4.79 Å². The van der Waals surface area contributed by atoms with Crippen LogP contribution >= 0.6 is 22.9 Å². The first-order valence-corrected chi connectivity index (χ1v) is 9.85. The third-order valence-corrected chi connectivity index (χ3v) is 5.60. The van der Waals surface area contributed by atoms with Gasteiger partial charge in [0.15, 0.2) is 0 Å². The molecule has 3 aromatic heterocycles. The van der Waals surface area contributed by atoms with Crippen LogP contribution in [0.3, 0.4) is 0 Å². The van der Waals surface area contributed by atoms with Crippen molar-refractivity contribution in [3.8, 4) is 5.69 Å². The number of pyridine rings is 1. The summed E-state index contributed by atoms with van der Waals surface area (Å²) in [5.74, 6) is -0.269. The molecule has 0 radical (unpaired) electrons. The Bertz CT molecular complexity index is 1180. The molecule has 3 heterocycles. The molecule has 0 saturated carbocycles. The summed E-state index contributed by atoms with van der Waals surface area (Å²) in [6, 6.07) is 13.1. The van der Waals surface area contributed by atoms with E-state index in [2.05, 4.69) is 15.5 Å². The number of carbonyl (C=O) groups excluding carboxylic acids is 1. The van der Waals surface area contributed by atoms with Crippen molar-refractivity contribution in [2.24, 2.45) is 5.10 Å². The lowest BCUT2D eigenvalue weighted by molar-refractivity contribution is 0.0959. The highest BCUT2D eigenvalue weighted by molar-refractivity contribution is 7.21. The van der Waals surface area contributed by atoms with Crippen molar-refractivity contribution in [2.75, 3.05) is 0 Å². The van der Waals surface area contributed by atoms with Crippen LogP contribution in [0.1, 0.15) is 26.5 Å². The summed E-state index contributed by atoms with van der Waals surface area (Å²) in [7, 11) is 0. The zero-order valence-electron chi connectivity index (χ0n) is 15.3. The number of fused-ring (bicyclic) bond motifs is 1. The minimum absolute atomic E-state index is 0.269. The number of hydrogen-bond acceptors (Lipinski definition) is 4. The average Bonchev–Trinajstić information content (AvgIpc) is 3.30. The van der Waals surface area contributed by atoms with E-state index in [-0.39, 0.29) is 5.91 Å². The van der Waals surface area contributed by atoms with E-state index in [1.165, 1.54) is 11.3 Å². The number of aromatic nitrogens is 2. The van der Waals surface area contributed by atoms with Gasteiger partial charge in [0.05, 0.1) is 11.9 Å². The molecule has 7 heteroatoms. The number of nitrogens with zero attached hydrogens (tertiary/aromatic N) is 3. The minimum atomic E-state index is -0.269. The first kappa shape index (κ1) is 18.4. The Morgan fingerprint density at radius 1 is 1.21 bits per heavy atom. The van der Waals surface area contributed by atoms with Gasteiger partial charge in [-0.05, 0) is 55.3 Å². The van der Waals surface area contributed by atoms with Gasteiger partial charge in [-0.2, -0.15) is 5.10 Å². The summed E-state index contributed by atoms with van der Waals surface area (Å²) in [5, 5.41) is 5.73. The van der Waals surface area contributed by atoms with Gasteiger partial charge in [0.1, 0.15) is 9.71 Å². The first-order valence-electron chi connectivity index (χ1n) is 8.66. The Morgan fingerprint density at radius 3 is 2.64 bits per heavy atom. The summed E-state index contributed by atoms with van der Waals surface area (Å²) in [6.45, 7) is 3.99. The molecule has 0 spiro atoms. The molecular formula is C21H17ClN4OS.